The summed E-state index contributed by atoms with van der Waals surface area (Å²) >= 11 is 1.61. The van der Waals surface area contributed by atoms with E-state index < -0.39 is 0 Å². The third kappa shape index (κ3) is 1.50. The molecule has 0 saturated heterocycles. The molecule has 4 nitrogen and oxygen atoms in total. The molecule has 0 spiro atoms. The van der Waals surface area contributed by atoms with Crippen molar-refractivity contribution >= 4 is 17.3 Å². The highest BCUT2D eigenvalue weighted by Crippen LogP contribution is 2.24. The molecule has 2 aromatic rings. The topological polar surface area (TPSA) is 64.7 Å². The van der Waals surface area contributed by atoms with Gasteiger partial charge in [0, 0.05) is 0 Å². The fourth-order valence-electron chi connectivity index (χ4n) is 1.04. The van der Waals surface area contributed by atoms with Gasteiger partial charge in [-0.25, -0.2) is 4.98 Å². The number of thiophene rings is 1. The Balaban J connectivity index is 2.57. The molecule has 66 valence electrons. The van der Waals surface area contributed by atoms with Crippen molar-refractivity contribution < 1.29 is 0 Å². The molecule has 0 aromatic carbocycles. The second kappa shape index (κ2) is 3.10. The first kappa shape index (κ1) is 8.12. The van der Waals surface area contributed by atoms with Gasteiger partial charge < -0.3 is 5.73 Å². The molecule has 2 heterocycles. The number of nitrogen functional groups attached to an aromatic ring is 1. The molecule has 2 aromatic heterocycles. The van der Waals surface area contributed by atoms with Crippen LogP contribution >= 0.6 is 11.3 Å². The first-order valence-electron chi connectivity index (χ1n) is 3.78. The maximum atomic E-state index is 5.45. The zero-order valence-electron chi connectivity index (χ0n) is 7.06. The van der Waals surface area contributed by atoms with Crippen LogP contribution in [-0.2, 0) is 0 Å². The number of nitrogens with zero attached hydrogens (tertiary/aromatic N) is 3. The van der Waals surface area contributed by atoms with Crippen LogP contribution in [0.2, 0.25) is 0 Å². The normalized spacial score (nSPS) is 10.2. The van der Waals surface area contributed by atoms with Crippen LogP contribution < -0.4 is 5.73 Å². The summed E-state index contributed by atoms with van der Waals surface area (Å²) < 4.78 is 0. The number of anilines is 1. The summed E-state index contributed by atoms with van der Waals surface area (Å²) in [5.74, 6) is 0.217. The van der Waals surface area contributed by atoms with Gasteiger partial charge in [-0.15, -0.1) is 21.5 Å². The minimum atomic E-state index is 0.217. The fraction of sp³-hybridized carbons (Fsp3) is 0.125. The summed E-state index contributed by atoms with van der Waals surface area (Å²) in [5, 5.41) is 9.57. The molecule has 0 fully saturated rings. The van der Waals surface area contributed by atoms with Crippen LogP contribution in [0.1, 0.15) is 5.69 Å². The van der Waals surface area contributed by atoms with Crippen molar-refractivity contribution in [3.8, 4) is 10.6 Å². The van der Waals surface area contributed by atoms with Gasteiger partial charge in [0.2, 0.25) is 5.95 Å². The van der Waals surface area contributed by atoms with Crippen LogP contribution in [0.15, 0.2) is 17.5 Å². The number of nitrogens with two attached hydrogens (primary N) is 1. The third-order valence-corrected chi connectivity index (χ3v) is 2.50. The highest BCUT2D eigenvalue weighted by atomic mass is 32.1. The van der Waals surface area contributed by atoms with Gasteiger partial charge >= 0.3 is 0 Å². The monoisotopic (exact) mass is 192 g/mol. The largest absolute Gasteiger partial charge is 0.366 e. The van der Waals surface area contributed by atoms with Crippen molar-refractivity contribution in [3.05, 3.63) is 23.2 Å². The van der Waals surface area contributed by atoms with Gasteiger partial charge in [0.05, 0.1) is 10.6 Å². The smallest absolute Gasteiger partial charge is 0.240 e. The van der Waals surface area contributed by atoms with E-state index in [1.54, 1.807) is 11.3 Å². The van der Waals surface area contributed by atoms with Crippen LogP contribution in [-0.4, -0.2) is 15.2 Å². The summed E-state index contributed by atoms with van der Waals surface area (Å²) in [7, 11) is 0. The van der Waals surface area contributed by atoms with E-state index in [1.165, 1.54) is 0 Å². The van der Waals surface area contributed by atoms with E-state index in [9.17, 15) is 0 Å². The van der Waals surface area contributed by atoms with E-state index in [0.717, 1.165) is 16.3 Å². The van der Waals surface area contributed by atoms with Gasteiger partial charge in [0.1, 0.15) is 5.69 Å². The minimum absolute atomic E-state index is 0.217. The van der Waals surface area contributed by atoms with Gasteiger partial charge in [-0.1, -0.05) is 6.07 Å². The first-order chi connectivity index (χ1) is 6.27. The zero-order chi connectivity index (χ0) is 9.26. The lowest BCUT2D eigenvalue weighted by Crippen LogP contribution is -2.00. The molecule has 13 heavy (non-hydrogen) atoms. The number of aromatic nitrogens is 3. The van der Waals surface area contributed by atoms with Gasteiger partial charge in [-0.05, 0) is 18.4 Å². The molecular formula is C8H8N4S. The second-order valence-corrected chi connectivity index (χ2v) is 3.53. The lowest BCUT2D eigenvalue weighted by Gasteiger charge is -1.99. The molecule has 2 rings (SSSR count). The molecule has 0 radical (unpaired) electrons. The van der Waals surface area contributed by atoms with E-state index in [2.05, 4.69) is 15.2 Å². The van der Waals surface area contributed by atoms with E-state index in [0.29, 0.717) is 0 Å². The maximum Gasteiger partial charge on any atom is 0.240 e. The SMILES string of the molecule is Cc1nnc(N)nc1-c1cccs1. The van der Waals surface area contributed by atoms with Gasteiger partial charge in [-0.2, -0.15) is 0 Å². The average molecular weight is 192 g/mol. The van der Waals surface area contributed by atoms with Crippen molar-refractivity contribution in [2.45, 2.75) is 6.92 Å². The molecule has 0 aliphatic rings. The van der Waals surface area contributed by atoms with Crippen molar-refractivity contribution in [1.29, 1.82) is 0 Å². The lowest BCUT2D eigenvalue weighted by atomic mass is 10.3. The van der Waals surface area contributed by atoms with Gasteiger partial charge in [0.15, 0.2) is 0 Å². The number of hydrogen-bond donors (Lipinski definition) is 1. The third-order valence-electron chi connectivity index (χ3n) is 1.63. The Morgan fingerprint density at radius 3 is 2.92 bits per heavy atom. The summed E-state index contributed by atoms with van der Waals surface area (Å²) in [6.07, 6.45) is 0. The van der Waals surface area contributed by atoms with Crippen LogP contribution in [0, 0.1) is 6.92 Å². The van der Waals surface area contributed by atoms with Crippen molar-refractivity contribution in [3.63, 3.8) is 0 Å². The molecule has 0 aliphatic heterocycles. The Morgan fingerprint density at radius 2 is 2.23 bits per heavy atom. The number of aryl methyl sites for hydroxylation is 1. The predicted molar refractivity (Wildman–Crippen MR) is 52.3 cm³/mol. The van der Waals surface area contributed by atoms with Crippen molar-refractivity contribution in [1.82, 2.24) is 15.2 Å². The van der Waals surface area contributed by atoms with E-state index >= 15 is 0 Å². The molecule has 5 heteroatoms. The molecule has 0 unspecified atom stereocenters. The van der Waals surface area contributed by atoms with Crippen molar-refractivity contribution in [2.75, 3.05) is 5.73 Å². The highest BCUT2D eigenvalue weighted by Gasteiger charge is 2.06. The molecule has 0 atom stereocenters. The fourth-order valence-corrected chi connectivity index (χ4v) is 1.80. The van der Waals surface area contributed by atoms with Crippen LogP contribution in [0.5, 0.6) is 0 Å². The zero-order valence-corrected chi connectivity index (χ0v) is 7.88. The first-order valence-corrected chi connectivity index (χ1v) is 4.66. The van der Waals surface area contributed by atoms with E-state index in [1.807, 2.05) is 24.4 Å². The predicted octanol–water partition coefficient (Wildman–Crippen LogP) is 1.49. The molecule has 2 N–H and O–H groups in total. The Labute approximate surface area is 79.5 Å². The number of hydrogen-bond acceptors (Lipinski definition) is 5. The quantitative estimate of drug-likeness (QED) is 0.743. The summed E-state index contributed by atoms with van der Waals surface area (Å²) in [6, 6.07) is 3.96. The molecule has 0 bridgehead atoms. The highest BCUT2D eigenvalue weighted by molar-refractivity contribution is 7.13. The van der Waals surface area contributed by atoms with E-state index in [4.69, 9.17) is 5.73 Å². The van der Waals surface area contributed by atoms with Gasteiger partial charge in [0.25, 0.3) is 0 Å². The maximum absolute atomic E-state index is 5.45. The Bertz CT molecular complexity index is 410. The lowest BCUT2D eigenvalue weighted by molar-refractivity contribution is 0.947. The summed E-state index contributed by atoms with van der Waals surface area (Å²) in [5.41, 5.74) is 7.08. The average Bonchev–Trinajstić information content (AvgIpc) is 2.61. The summed E-state index contributed by atoms with van der Waals surface area (Å²) in [6.45, 7) is 1.87. The molecule has 0 aliphatic carbocycles. The minimum Gasteiger partial charge on any atom is -0.366 e. The molecule has 0 amide bonds. The second-order valence-electron chi connectivity index (χ2n) is 2.58. The molecular weight excluding hydrogens is 184 g/mol. The van der Waals surface area contributed by atoms with Crippen molar-refractivity contribution in [2.24, 2.45) is 0 Å². The standard InChI is InChI=1S/C8H8N4S/c1-5-7(6-3-2-4-13-6)10-8(9)12-11-5/h2-4H,1H3,(H2,9,10,12). The van der Waals surface area contributed by atoms with Crippen LogP contribution in [0.25, 0.3) is 10.6 Å². The number of rotatable bonds is 1. The van der Waals surface area contributed by atoms with Crippen LogP contribution in [0.3, 0.4) is 0 Å². The Morgan fingerprint density at radius 1 is 1.38 bits per heavy atom. The Kier molecular flexibility index (Phi) is 1.94. The van der Waals surface area contributed by atoms with Crippen LogP contribution in [0.4, 0.5) is 5.95 Å². The summed E-state index contributed by atoms with van der Waals surface area (Å²) in [4.78, 5) is 5.20. The van der Waals surface area contributed by atoms with E-state index in [-0.39, 0.29) is 5.95 Å². The molecule has 0 saturated carbocycles. The Hall–Kier alpha value is -1.49. The van der Waals surface area contributed by atoms with Gasteiger partial charge in [-0.3, -0.25) is 0 Å².